The summed E-state index contributed by atoms with van der Waals surface area (Å²) in [6.07, 6.45) is 0. The topological polar surface area (TPSA) is 24.4 Å². The summed E-state index contributed by atoms with van der Waals surface area (Å²) in [6.45, 7) is 1.41. The van der Waals surface area contributed by atoms with Gasteiger partial charge in [-0.2, -0.15) is 0 Å². The van der Waals surface area contributed by atoms with Crippen molar-refractivity contribution in [3.8, 4) is 0 Å². The first kappa shape index (κ1) is 19.4. The molecule has 0 aliphatic heterocycles. The Labute approximate surface area is 173 Å². The second kappa shape index (κ2) is 9.52. The van der Waals surface area contributed by atoms with Crippen LogP contribution in [0.5, 0.6) is 0 Å². The zero-order chi connectivity index (χ0) is 19.8. The third-order valence-electron chi connectivity index (χ3n) is 4.96. The highest BCUT2D eigenvalue weighted by Gasteiger charge is 2.26. The van der Waals surface area contributed by atoms with E-state index in [1.165, 1.54) is 21.5 Å². The van der Waals surface area contributed by atoms with Crippen LogP contribution in [0.1, 0.15) is 5.56 Å². The maximum Gasteiger partial charge on any atom is 0.0883 e. The van der Waals surface area contributed by atoms with Gasteiger partial charge in [0, 0.05) is 22.5 Å². The molecular weight excluding hydrogens is 371 g/mol. The van der Waals surface area contributed by atoms with Gasteiger partial charge in [-0.1, -0.05) is 121 Å². The molecule has 0 aliphatic rings. The van der Waals surface area contributed by atoms with Gasteiger partial charge in [-0.05, 0) is 5.56 Å². The number of nitrogens with zero attached hydrogens (tertiary/aromatic N) is 1. The molecule has 0 bridgehead atoms. The SMILES string of the molecule is c1ccc(CNCN=P(c2ccccc2)(c2ccccc2)c2ccccc2)cc1. The lowest BCUT2D eigenvalue weighted by Gasteiger charge is -2.27. The van der Waals surface area contributed by atoms with Crippen molar-refractivity contribution in [3.63, 3.8) is 0 Å². The van der Waals surface area contributed by atoms with Crippen LogP contribution in [0.25, 0.3) is 0 Å². The fraction of sp³-hybridized carbons (Fsp3) is 0.0769. The fourth-order valence-electron chi connectivity index (χ4n) is 3.58. The molecule has 3 heteroatoms. The van der Waals surface area contributed by atoms with Crippen molar-refractivity contribution >= 4 is 23.0 Å². The van der Waals surface area contributed by atoms with Gasteiger partial charge in [0.25, 0.3) is 0 Å². The van der Waals surface area contributed by atoms with Crippen LogP contribution >= 0.6 is 7.05 Å². The van der Waals surface area contributed by atoms with Gasteiger partial charge in [0.1, 0.15) is 0 Å². The number of rotatable bonds is 7. The molecule has 0 heterocycles. The molecule has 0 atom stereocenters. The zero-order valence-electron chi connectivity index (χ0n) is 16.4. The minimum absolute atomic E-state index is 0.599. The second-order valence-corrected chi connectivity index (χ2v) is 9.96. The van der Waals surface area contributed by atoms with E-state index < -0.39 is 7.05 Å². The molecule has 0 amide bonds. The average Bonchev–Trinajstić information content (AvgIpc) is 2.82. The molecule has 0 saturated heterocycles. The first-order valence-electron chi connectivity index (χ1n) is 9.89. The predicted octanol–water partition coefficient (Wildman–Crippen LogP) is 4.91. The highest BCUT2D eigenvalue weighted by molar-refractivity contribution is 7.87. The highest BCUT2D eigenvalue weighted by atomic mass is 31.2. The average molecular weight is 396 g/mol. The van der Waals surface area contributed by atoms with E-state index in [0.29, 0.717) is 6.67 Å². The second-order valence-electron chi connectivity index (χ2n) is 6.85. The third kappa shape index (κ3) is 4.40. The van der Waals surface area contributed by atoms with Gasteiger partial charge in [0.2, 0.25) is 0 Å². The van der Waals surface area contributed by atoms with Crippen LogP contribution < -0.4 is 21.2 Å². The molecule has 4 aromatic rings. The zero-order valence-corrected chi connectivity index (χ0v) is 17.3. The Morgan fingerprint density at radius 2 is 0.897 bits per heavy atom. The van der Waals surface area contributed by atoms with Gasteiger partial charge < -0.3 is 0 Å². The van der Waals surface area contributed by atoms with Gasteiger partial charge in [0.15, 0.2) is 0 Å². The number of hydrogen-bond acceptors (Lipinski definition) is 2. The molecule has 0 unspecified atom stereocenters. The summed E-state index contributed by atoms with van der Waals surface area (Å²) in [5.74, 6) is 0. The van der Waals surface area contributed by atoms with Crippen LogP contribution in [-0.2, 0) is 6.54 Å². The highest BCUT2D eigenvalue weighted by Crippen LogP contribution is 2.46. The van der Waals surface area contributed by atoms with E-state index in [1.807, 2.05) is 6.07 Å². The van der Waals surface area contributed by atoms with Crippen molar-refractivity contribution in [2.75, 3.05) is 6.67 Å². The van der Waals surface area contributed by atoms with E-state index in [1.54, 1.807) is 0 Å². The number of nitrogens with one attached hydrogen (secondary N) is 1. The molecule has 29 heavy (non-hydrogen) atoms. The van der Waals surface area contributed by atoms with Gasteiger partial charge >= 0.3 is 0 Å². The Bertz CT molecular complexity index is 959. The fourth-order valence-corrected chi connectivity index (χ4v) is 7.08. The van der Waals surface area contributed by atoms with Crippen LogP contribution in [0.4, 0.5) is 0 Å². The summed E-state index contributed by atoms with van der Waals surface area (Å²) in [6, 6.07) is 42.7. The molecule has 0 radical (unpaired) electrons. The molecule has 0 spiro atoms. The van der Waals surface area contributed by atoms with Crippen LogP contribution in [0.15, 0.2) is 126 Å². The third-order valence-corrected chi connectivity index (χ3v) is 8.66. The smallest absolute Gasteiger partial charge is 0.0883 e. The molecule has 0 aliphatic carbocycles. The minimum atomic E-state index is -2.11. The molecule has 144 valence electrons. The van der Waals surface area contributed by atoms with Crippen LogP contribution in [-0.4, -0.2) is 6.67 Å². The maximum absolute atomic E-state index is 5.38. The van der Waals surface area contributed by atoms with E-state index in [0.717, 1.165) is 6.54 Å². The van der Waals surface area contributed by atoms with Crippen LogP contribution in [0.3, 0.4) is 0 Å². The normalized spacial score (nSPS) is 11.2. The van der Waals surface area contributed by atoms with E-state index in [4.69, 9.17) is 4.74 Å². The summed E-state index contributed by atoms with van der Waals surface area (Å²) in [5, 5.41) is 7.36. The molecule has 0 aromatic heterocycles. The van der Waals surface area contributed by atoms with Crippen molar-refractivity contribution in [1.29, 1.82) is 0 Å². The van der Waals surface area contributed by atoms with Crippen molar-refractivity contribution in [3.05, 3.63) is 127 Å². The minimum Gasteiger partial charge on any atom is -0.294 e. The molecule has 4 aromatic carbocycles. The molecular formula is C26H25N2P. The maximum atomic E-state index is 5.38. The van der Waals surface area contributed by atoms with E-state index in [9.17, 15) is 0 Å². The predicted molar refractivity (Wildman–Crippen MR) is 126 cm³/mol. The Kier molecular flexibility index (Phi) is 6.36. The van der Waals surface area contributed by atoms with Crippen molar-refractivity contribution < 1.29 is 0 Å². The largest absolute Gasteiger partial charge is 0.294 e. The monoisotopic (exact) mass is 396 g/mol. The summed E-state index contributed by atoms with van der Waals surface area (Å²) in [4.78, 5) is 0. The van der Waals surface area contributed by atoms with Gasteiger partial charge in [0.05, 0.1) is 13.7 Å². The summed E-state index contributed by atoms with van der Waals surface area (Å²) in [7, 11) is -2.11. The van der Waals surface area contributed by atoms with E-state index >= 15 is 0 Å². The van der Waals surface area contributed by atoms with Crippen molar-refractivity contribution in [2.24, 2.45) is 4.74 Å². The first-order valence-corrected chi connectivity index (χ1v) is 11.6. The lowest BCUT2D eigenvalue weighted by atomic mass is 10.2. The molecule has 0 saturated carbocycles. The summed E-state index contributed by atoms with van der Waals surface area (Å²) in [5.41, 5.74) is 1.27. The molecule has 1 N–H and O–H groups in total. The standard InChI is InChI=1S/C26H25N2P/c1-5-13-23(14-6-1)21-27-22-28-29(24-15-7-2-8-16-24,25-17-9-3-10-18-25)26-19-11-4-12-20-26/h1-20,27H,21-22H2. The van der Waals surface area contributed by atoms with Gasteiger partial charge in [-0.15, -0.1) is 0 Å². The van der Waals surface area contributed by atoms with E-state index in [2.05, 4.69) is 121 Å². The number of hydrogen-bond donors (Lipinski definition) is 1. The van der Waals surface area contributed by atoms with Crippen molar-refractivity contribution in [1.82, 2.24) is 5.32 Å². The molecule has 4 rings (SSSR count). The Morgan fingerprint density at radius 1 is 0.517 bits per heavy atom. The quantitative estimate of drug-likeness (QED) is 0.348. The summed E-state index contributed by atoms with van der Waals surface area (Å²) < 4.78 is 5.38. The Morgan fingerprint density at radius 3 is 1.31 bits per heavy atom. The molecule has 2 nitrogen and oxygen atoms in total. The van der Waals surface area contributed by atoms with Crippen molar-refractivity contribution in [2.45, 2.75) is 6.54 Å². The Balaban J connectivity index is 1.79. The first-order chi connectivity index (χ1) is 14.4. The summed E-state index contributed by atoms with van der Waals surface area (Å²) >= 11 is 0. The number of benzene rings is 4. The Hall–Kier alpha value is -2.93. The lowest BCUT2D eigenvalue weighted by molar-refractivity contribution is 0.715. The van der Waals surface area contributed by atoms with Crippen LogP contribution in [0, 0.1) is 0 Å². The van der Waals surface area contributed by atoms with Gasteiger partial charge in [-0.25, -0.2) is 0 Å². The van der Waals surface area contributed by atoms with E-state index in [-0.39, 0.29) is 0 Å². The van der Waals surface area contributed by atoms with Crippen LogP contribution in [0.2, 0.25) is 0 Å². The van der Waals surface area contributed by atoms with Gasteiger partial charge in [-0.3, -0.25) is 10.1 Å². The molecule has 0 fully saturated rings. The lowest BCUT2D eigenvalue weighted by Crippen LogP contribution is -2.26.